The first-order valence-corrected chi connectivity index (χ1v) is 5.50. The minimum absolute atomic E-state index is 0.248. The second kappa shape index (κ2) is 4.91. The topological polar surface area (TPSA) is 64.4 Å². The summed E-state index contributed by atoms with van der Waals surface area (Å²) in [5, 5.41) is 6.56. The van der Waals surface area contributed by atoms with E-state index >= 15 is 0 Å². The first-order chi connectivity index (χ1) is 8.63. The normalized spacial score (nSPS) is 10.2. The first-order valence-electron chi connectivity index (χ1n) is 5.50. The van der Waals surface area contributed by atoms with Crippen molar-refractivity contribution in [3.8, 4) is 5.75 Å². The minimum atomic E-state index is -0.248. The van der Waals surface area contributed by atoms with Crippen LogP contribution in [-0.2, 0) is 0 Å². The Morgan fingerprint density at radius 2 is 2.06 bits per heavy atom. The third-order valence-corrected chi connectivity index (χ3v) is 2.62. The van der Waals surface area contributed by atoms with Gasteiger partial charge in [0, 0.05) is 0 Å². The van der Waals surface area contributed by atoms with Gasteiger partial charge in [0.2, 0.25) is 0 Å². The predicted octanol–water partition coefficient (Wildman–Crippen LogP) is 2.55. The average Bonchev–Trinajstić information content (AvgIpc) is 2.70. The molecule has 0 aliphatic carbocycles. The lowest BCUT2D eigenvalue weighted by Gasteiger charge is -2.08. The molecule has 0 radical (unpaired) electrons. The van der Waals surface area contributed by atoms with Crippen molar-refractivity contribution in [2.45, 2.75) is 13.8 Å². The molecular formula is C13H14N2O3. The monoisotopic (exact) mass is 246 g/mol. The molecule has 1 heterocycles. The number of aromatic nitrogens is 1. The van der Waals surface area contributed by atoms with Gasteiger partial charge >= 0.3 is 0 Å². The highest BCUT2D eigenvalue weighted by Gasteiger charge is 2.16. The zero-order valence-electron chi connectivity index (χ0n) is 10.5. The molecule has 2 aromatic rings. The first kappa shape index (κ1) is 12.2. The summed E-state index contributed by atoms with van der Waals surface area (Å²) in [6, 6.07) is 7.03. The lowest BCUT2D eigenvalue weighted by atomic mass is 10.2. The van der Waals surface area contributed by atoms with Crippen molar-refractivity contribution >= 4 is 11.6 Å². The van der Waals surface area contributed by atoms with Crippen molar-refractivity contribution < 1.29 is 14.1 Å². The highest BCUT2D eigenvalue weighted by Crippen LogP contribution is 2.22. The fourth-order valence-electron chi connectivity index (χ4n) is 1.67. The van der Waals surface area contributed by atoms with Crippen LogP contribution in [0.3, 0.4) is 0 Å². The van der Waals surface area contributed by atoms with Gasteiger partial charge in [-0.25, -0.2) is 0 Å². The molecule has 0 saturated heterocycles. The SMILES string of the molecule is COc1ccccc1C(=O)Nc1c(C)noc1C. The molecule has 1 aromatic carbocycles. The standard InChI is InChI=1S/C13H14N2O3/c1-8-12(9(2)18-15-8)14-13(16)10-6-4-5-7-11(10)17-3/h4-7H,1-3H3,(H,14,16). The Labute approximate surface area is 105 Å². The fourth-order valence-corrected chi connectivity index (χ4v) is 1.67. The van der Waals surface area contributed by atoms with Crippen molar-refractivity contribution in [3.63, 3.8) is 0 Å². The van der Waals surface area contributed by atoms with Crippen LogP contribution >= 0.6 is 0 Å². The Hall–Kier alpha value is -2.30. The van der Waals surface area contributed by atoms with Crippen LogP contribution in [0, 0.1) is 13.8 Å². The zero-order valence-corrected chi connectivity index (χ0v) is 10.5. The minimum Gasteiger partial charge on any atom is -0.496 e. The van der Waals surface area contributed by atoms with Gasteiger partial charge in [-0.2, -0.15) is 0 Å². The number of hydrogen-bond donors (Lipinski definition) is 1. The summed E-state index contributed by atoms with van der Waals surface area (Å²) >= 11 is 0. The molecule has 0 unspecified atom stereocenters. The number of amides is 1. The van der Waals surface area contributed by atoms with Gasteiger partial charge in [-0.3, -0.25) is 4.79 Å². The van der Waals surface area contributed by atoms with E-state index in [1.807, 2.05) is 6.07 Å². The second-order valence-electron chi connectivity index (χ2n) is 3.85. The van der Waals surface area contributed by atoms with E-state index in [4.69, 9.17) is 9.26 Å². The van der Waals surface area contributed by atoms with Gasteiger partial charge in [-0.05, 0) is 26.0 Å². The molecule has 1 aromatic heterocycles. The molecule has 0 aliphatic heterocycles. The summed E-state index contributed by atoms with van der Waals surface area (Å²) in [5.41, 5.74) is 1.72. The highest BCUT2D eigenvalue weighted by molar-refractivity contribution is 6.06. The van der Waals surface area contributed by atoms with E-state index in [-0.39, 0.29) is 5.91 Å². The number of carbonyl (C=O) groups is 1. The summed E-state index contributed by atoms with van der Waals surface area (Å²) in [5.74, 6) is 0.861. The van der Waals surface area contributed by atoms with Gasteiger partial charge in [0.15, 0.2) is 5.76 Å². The molecule has 0 saturated carbocycles. The fraction of sp³-hybridized carbons (Fsp3) is 0.231. The molecule has 18 heavy (non-hydrogen) atoms. The number of para-hydroxylation sites is 1. The number of carbonyl (C=O) groups excluding carboxylic acids is 1. The highest BCUT2D eigenvalue weighted by atomic mass is 16.5. The van der Waals surface area contributed by atoms with Crippen LogP contribution in [0.5, 0.6) is 5.75 Å². The number of hydrogen-bond acceptors (Lipinski definition) is 4. The van der Waals surface area contributed by atoms with Crippen LogP contribution in [0.2, 0.25) is 0 Å². The van der Waals surface area contributed by atoms with Crippen LogP contribution in [-0.4, -0.2) is 18.2 Å². The number of nitrogens with one attached hydrogen (secondary N) is 1. The maximum atomic E-state index is 12.1. The molecule has 2 rings (SSSR count). The summed E-state index contributed by atoms with van der Waals surface area (Å²) in [6.07, 6.45) is 0. The number of anilines is 1. The van der Waals surface area contributed by atoms with E-state index in [0.717, 1.165) is 0 Å². The van der Waals surface area contributed by atoms with E-state index in [2.05, 4.69) is 10.5 Å². The van der Waals surface area contributed by atoms with E-state index in [1.54, 1.807) is 32.0 Å². The molecule has 5 heteroatoms. The third-order valence-electron chi connectivity index (χ3n) is 2.62. The third kappa shape index (κ3) is 2.20. The van der Waals surface area contributed by atoms with Gasteiger partial charge < -0.3 is 14.6 Å². The molecule has 5 nitrogen and oxygen atoms in total. The predicted molar refractivity (Wildman–Crippen MR) is 66.9 cm³/mol. The summed E-state index contributed by atoms with van der Waals surface area (Å²) in [7, 11) is 1.53. The van der Waals surface area contributed by atoms with Gasteiger partial charge in [0.1, 0.15) is 17.1 Å². The molecule has 1 amide bonds. The number of aryl methyl sites for hydroxylation is 2. The summed E-state index contributed by atoms with van der Waals surface area (Å²) < 4.78 is 10.1. The second-order valence-corrected chi connectivity index (χ2v) is 3.85. The Balaban J connectivity index is 2.28. The van der Waals surface area contributed by atoms with Crippen LogP contribution < -0.4 is 10.1 Å². The van der Waals surface area contributed by atoms with Crippen LogP contribution in [0.1, 0.15) is 21.8 Å². The van der Waals surface area contributed by atoms with Crippen molar-refractivity contribution in [1.82, 2.24) is 5.16 Å². The molecule has 0 fully saturated rings. The Morgan fingerprint density at radius 1 is 1.33 bits per heavy atom. The van der Waals surface area contributed by atoms with Gasteiger partial charge in [-0.15, -0.1) is 0 Å². The van der Waals surface area contributed by atoms with Gasteiger partial charge in [0.05, 0.1) is 12.7 Å². The number of benzene rings is 1. The van der Waals surface area contributed by atoms with Gasteiger partial charge in [0.25, 0.3) is 5.91 Å². The zero-order chi connectivity index (χ0) is 13.1. The summed E-state index contributed by atoms with van der Waals surface area (Å²) in [6.45, 7) is 3.52. The van der Waals surface area contributed by atoms with Crippen molar-refractivity contribution in [2.75, 3.05) is 12.4 Å². The largest absolute Gasteiger partial charge is 0.496 e. The molecule has 1 N–H and O–H groups in total. The average molecular weight is 246 g/mol. The van der Waals surface area contributed by atoms with E-state index in [9.17, 15) is 4.79 Å². The van der Waals surface area contributed by atoms with E-state index < -0.39 is 0 Å². The summed E-state index contributed by atoms with van der Waals surface area (Å²) in [4.78, 5) is 12.1. The van der Waals surface area contributed by atoms with Crippen molar-refractivity contribution in [3.05, 3.63) is 41.3 Å². The quantitative estimate of drug-likeness (QED) is 0.903. The maximum absolute atomic E-state index is 12.1. The van der Waals surface area contributed by atoms with Crippen molar-refractivity contribution in [2.24, 2.45) is 0 Å². The van der Waals surface area contributed by atoms with E-state index in [0.29, 0.717) is 28.5 Å². The molecule has 0 bridgehead atoms. The maximum Gasteiger partial charge on any atom is 0.259 e. The number of rotatable bonds is 3. The lowest BCUT2D eigenvalue weighted by molar-refractivity contribution is 0.102. The Kier molecular flexibility index (Phi) is 3.32. The molecule has 94 valence electrons. The smallest absolute Gasteiger partial charge is 0.259 e. The van der Waals surface area contributed by atoms with E-state index in [1.165, 1.54) is 7.11 Å². The number of methoxy groups -OCH3 is 1. The van der Waals surface area contributed by atoms with Crippen LogP contribution in [0.4, 0.5) is 5.69 Å². The van der Waals surface area contributed by atoms with Gasteiger partial charge in [-0.1, -0.05) is 17.3 Å². The van der Waals surface area contributed by atoms with Crippen molar-refractivity contribution in [1.29, 1.82) is 0 Å². The number of nitrogens with zero attached hydrogens (tertiary/aromatic N) is 1. The lowest BCUT2D eigenvalue weighted by Crippen LogP contribution is -2.14. The molecule has 0 spiro atoms. The molecular weight excluding hydrogens is 232 g/mol. The number of ether oxygens (including phenoxy) is 1. The molecule has 0 atom stereocenters. The van der Waals surface area contributed by atoms with Crippen LogP contribution in [0.15, 0.2) is 28.8 Å². The Bertz CT molecular complexity index is 556. The Morgan fingerprint density at radius 3 is 2.67 bits per heavy atom. The molecule has 0 aliphatic rings. The van der Waals surface area contributed by atoms with Crippen LogP contribution in [0.25, 0.3) is 0 Å².